The highest BCUT2D eigenvalue weighted by Crippen LogP contribution is 2.31. The van der Waals surface area contributed by atoms with Crippen LogP contribution in [0.25, 0.3) is 11.3 Å². The van der Waals surface area contributed by atoms with Crippen molar-refractivity contribution in [2.75, 3.05) is 6.54 Å². The quantitative estimate of drug-likeness (QED) is 0.920. The van der Waals surface area contributed by atoms with Crippen LogP contribution in [0.1, 0.15) is 29.1 Å². The molecule has 2 amide bonds. The van der Waals surface area contributed by atoms with Gasteiger partial charge in [0.25, 0.3) is 5.91 Å². The van der Waals surface area contributed by atoms with Crippen LogP contribution in [0.15, 0.2) is 35.7 Å². The minimum absolute atomic E-state index is 0.0130. The molecule has 0 radical (unpaired) electrons. The van der Waals surface area contributed by atoms with Gasteiger partial charge in [0.05, 0.1) is 5.69 Å². The molecule has 2 bridgehead atoms. The fraction of sp³-hybridized carbons (Fsp3) is 0.353. The lowest BCUT2D eigenvalue weighted by atomic mass is 10.1. The highest BCUT2D eigenvalue weighted by molar-refractivity contribution is 7.12. The summed E-state index contributed by atoms with van der Waals surface area (Å²) in [7, 11) is 0. The van der Waals surface area contributed by atoms with Crippen molar-refractivity contribution in [3.8, 4) is 11.3 Å². The van der Waals surface area contributed by atoms with Gasteiger partial charge >= 0.3 is 0 Å². The van der Waals surface area contributed by atoms with E-state index in [2.05, 4.69) is 10.3 Å². The van der Waals surface area contributed by atoms with Crippen molar-refractivity contribution >= 4 is 23.2 Å². The summed E-state index contributed by atoms with van der Waals surface area (Å²) in [5, 5.41) is 5.33. The Hall–Kier alpha value is -2.21. The largest absolute Gasteiger partial charge is 0.354 e. The van der Waals surface area contributed by atoms with Gasteiger partial charge in [-0.25, -0.2) is 4.98 Å². The number of hydrogen-bond acceptors (Lipinski definition) is 4. The van der Waals surface area contributed by atoms with Crippen molar-refractivity contribution in [1.29, 1.82) is 0 Å². The molecule has 118 valence electrons. The number of amides is 2. The van der Waals surface area contributed by atoms with Gasteiger partial charge in [0.1, 0.15) is 0 Å². The lowest BCUT2D eigenvalue weighted by Crippen LogP contribution is -2.42. The molecule has 1 aromatic carbocycles. The number of benzene rings is 1. The van der Waals surface area contributed by atoms with Crippen molar-refractivity contribution in [2.24, 2.45) is 0 Å². The van der Waals surface area contributed by atoms with Crippen LogP contribution in [-0.4, -0.2) is 40.3 Å². The molecule has 23 heavy (non-hydrogen) atoms. The van der Waals surface area contributed by atoms with E-state index in [4.69, 9.17) is 0 Å². The maximum absolute atomic E-state index is 12.9. The molecule has 2 fully saturated rings. The Kier molecular flexibility index (Phi) is 3.61. The zero-order valence-corrected chi connectivity index (χ0v) is 13.4. The maximum Gasteiger partial charge on any atom is 0.283 e. The number of rotatable bonds is 2. The van der Waals surface area contributed by atoms with Gasteiger partial charge < -0.3 is 10.2 Å². The van der Waals surface area contributed by atoms with Crippen LogP contribution in [0, 0.1) is 0 Å². The number of fused-ring (bicyclic) bond motifs is 2. The average Bonchev–Trinajstić information content (AvgIpc) is 3.16. The number of carbonyl (C=O) groups is 2. The summed E-state index contributed by atoms with van der Waals surface area (Å²) < 4.78 is 0. The second-order valence-electron chi connectivity index (χ2n) is 6.01. The van der Waals surface area contributed by atoms with Crippen molar-refractivity contribution in [3.05, 3.63) is 40.7 Å². The minimum Gasteiger partial charge on any atom is -0.354 e. The molecular weight excluding hydrogens is 310 g/mol. The number of nitrogens with zero attached hydrogens (tertiary/aromatic N) is 2. The predicted molar refractivity (Wildman–Crippen MR) is 88.2 cm³/mol. The van der Waals surface area contributed by atoms with Crippen molar-refractivity contribution < 1.29 is 9.59 Å². The van der Waals surface area contributed by atoms with Gasteiger partial charge in [0.15, 0.2) is 5.01 Å². The zero-order valence-electron chi connectivity index (χ0n) is 12.6. The van der Waals surface area contributed by atoms with Crippen LogP contribution >= 0.6 is 11.3 Å². The highest BCUT2D eigenvalue weighted by Gasteiger charge is 2.41. The van der Waals surface area contributed by atoms with Crippen molar-refractivity contribution in [3.63, 3.8) is 0 Å². The molecule has 5 nitrogen and oxygen atoms in total. The summed E-state index contributed by atoms with van der Waals surface area (Å²) in [6.07, 6.45) is 2.26. The first-order valence-electron chi connectivity index (χ1n) is 7.82. The molecule has 4 rings (SSSR count). The number of thiazole rings is 1. The Morgan fingerprint density at radius 1 is 1.22 bits per heavy atom. The normalized spacial score (nSPS) is 23.5. The van der Waals surface area contributed by atoms with E-state index in [9.17, 15) is 9.59 Å². The van der Waals surface area contributed by atoms with Crippen LogP contribution in [-0.2, 0) is 4.79 Å². The van der Waals surface area contributed by atoms with E-state index in [1.165, 1.54) is 11.3 Å². The SMILES string of the molecule is O=C1C[C@H]2CC[C@@H](CN1)N2C(=O)c1nc(-c2ccccc2)cs1. The van der Waals surface area contributed by atoms with Crippen molar-refractivity contribution in [1.82, 2.24) is 15.2 Å². The summed E-state index contributed by atoms with van der Waals surface area (Å²) in [6.45, 7) is 0.554. The van der Waals surface area contributed by atoms with E-state index in [0.29, 0.717) is 18.0 Å². The average molecular weight is 327 g/mol. The summed E-state index contributed by atoms with van der Waals surface area (Å²) in [4.78, 5) is 31.0. The molecule has 0 saturated carbocycles. The molecule has 0 aliphatic carbocycles. The lowest BCUT2D eigenvalue weighted by Gasteiger charge is -2.26. The van der Waals surface area contributed by atoms with Gasteiger partial charge in [0.2, 0.25) is 5.91 Å². The summed E-state index contributed by atoms with van der Waals surface area (Å²) in [6, 6.07) is 9.97. The van der Waals surface area contributed by atoms with Crippen LogP contribution in [0.4, 0.5) is 0 Å². The van der Waals surface area contributed by atoms with E-state index in [1.807, 2.05) is 40.6 Å². The molecular formula is C17H17N3O2S. The first kappa shape index (κ1) is 14.4. The maximum atomic E-state index is 12.9. The first-order chi connectivity index (χ1) is 11.2. The second kappa shape index (κ2) is 5.77. The molecule has 2 atom stereocenters. The molecule has 2 aromatic rings. The third-order valence-electron chi connectivity index (χ3n) is 4.57. The van der Waals surface area contributed by atoms with Crippen LogP contribution in [0.2, 0.25) is 0 Å². The van der Waals surface area contributed by atoms with E-state index >= 15 is 0 Å². The van der Waals surface area contributed by atoms with Gasteiger partial charge in [-0.1, -0.05) is 30.3 Å². The molecule has 0 unspecified atom stereocenters. The molecule has 6 heteroatoms. The number of nitrogens with one attached hydrogen (secondary N) is 1. The van der Waals surface area contributed by atoms with E-state index in [-0.39, 0.29) is 23.9 Å². The molecule has 2 saturated heterocycles. The first-order valence-corrected chi connectivity index (χ1v) is 8.70. The second-order valence-corrected chi connectivity index (χ2v) is 6.87. The summed E-state index contributed by atoms with van der Waals surface area (Å²) in [5.74, 6) is 0.000273. The lowest BCUT2D eigenvalue weighted by molar-refractivity contribution is -0.121. The predicted octanol–water partition coefficient (Wildman–Crippen LogP) is 2.30. The monoisotopic (exact) mass is 327 g/mol. The molecule has 1 aromatic heterocycles. The van der Waals surface area contributed by atoms with Gasteiger partial charge in [-0.2, -0.15) is 0 Å². The van der Waals surface area contributed by atoms with Crippen LogP contribution in [0.5, 0.6) is 0 Å². The molecule has 2 aliphatic rings. The zero-order chi connectivity index (χ0) is 15.8. The number of carbonyl (C=O) groups excluding carboxylic acids is 2. The molecule has 1 N–H and O–H groups in total. The summed E-state index contributed by atoms with van der Waals surface area (Å²) >= 11 is 1.38. The Bertz CT molecular complexity index is 743. The minimum atomic E-state index is -0.0406. The van der Waals surface area contributed by atoms with E-state index < -0.39 is 0 Å². The topological polar surface area (TPSA) is 62.3 Å². The molecule has 2 aliphatic heterocycles. The van der Waals surface area contributed by atoms with Crippen molar-refractivity contribution in [2.45, 2.75) is 31.3 Å². The Labute approximate surface area is 138 Å². The van der Waals surface area contributed by atoms with E-state index in [0.717, 1.165) is 24.1 Å². The van der Waals surface area contributed by atoms with Gasteiger partial charge in [0, 0.05) is 36.0 Å². The fourth-order valence-electron chi connectivity index (χ4n) is 3.44. The Morgan fingerprint density at radius 3 is 2.83 bits per heavy atom. The highest BCUT2D eigenvalue weighted by atomic mass is 32.1. The van der Waals surface area contributed by atoms with Crippen LogP contribution in [0.3, 0.4) is 0 Å². The molecule has 3 heterocycles. The smallest absolute Gasteiger partial charge is 0.283 e. The van der Waals surface area contributed by atoms with Gasteiger partial charge in [-0.3, -0.25) is 9.59 Å². The Morgan fingerprint density at radius 2 is 2.00 bits per heavy atom. The standard InChI is InChI=1S/C17H17N3O2S/c21-15-8-12-6-7-13(9-18-15)20(12)17(22)16-19-14(10-23-16)11-4-2-1-3-5-11/h1-5,10,12-13H,6-9H2,(H,18,21)/t12-,13+/m1/s1. The van der Waals surface area contributed by atoms with Gasteiger partial charge in [-0.05, 0) is 12.8 Å². The Balaban J connectivity index is 1.60. The number of aromatic nitrogens is 1. The molecule has 0 spiro atoms. The fourth-order valence-corrected chi connectivity index (χ4v) is 4.20. The summed E-state index contributed by atoms with van der Waals surface area (Å²) in [5.41, 5.74) is 1.84. The third-order valence-corrected chi connectivity index (χ3v) is 5.40. The van der Waals surface area contributed by atoms with Gasteiger partial charge in [-0.15, -0.1) is 11.3 Å². The number of hydrogen-bond donors (Lipinski definition) is 1. The third kappa shape index (κ3) is 2.63. The van der Waals surface area contributed by atoms with Crippen LogP contribution < -0.4 is 5.32 Å². The van der Waals surface area contributed by atoms with E-state index in [1.54, 1.807) is 0 Å².